The number of benzene rings is 2. The molecule has 0 atom stereocenters. The fourth-order valence-electron chi connectivity index (χ4n) is 1.88. The number of nitro groups is 1. The van der Waals surface area contributed by atoms with Gasteiger partial charge in [0.05, 0.1) is 4.92 Å². The van der Waals surface area contributed by atoms with Crippen molar-refractivity contribution in [3.63, 3.8) is 0 Å². The summed E-state index contributed by atoms with van der Waals surface area (Å²) >= 11 is 0. The number of nitro benzene ring substituents is 1. The number of rotatable bonds is 2. The Morgan fingerprint density at radius 1 is 1.17 bits per heavy atom. The first-order valence-electron chi connectivity index (χ1n) is 5.51. The highest BCUT2D eigenvalue weighted by molar-refractivity contribution is 5.69. The van der Waals surface area contributed by atoms with Crippen LogP contribution < -0.4 is 0 Å². The van der Waals surface area contributed by atoms with Crippen LogP contribution in [0.1, 0.15) is 11.1 Å². The summed E-state index contributed by atoms with van der Waals surface area (Å²) in [5, 5.41) is 11.0. The third kappa shape index (κ3) is 2.09. The fourth-order valence-corrected chi connectivity index (χ4v) is 1.88. The topological polar surface area (TPSA) is 43.1 Å². The lowest BCUT2D eigenvalue weighted by atomic mass is 9.98. The van der Waals surface area contributed by atoms with Gasteiger partial charge in [-0.1, -0.05) is 24.3 Å². The van der Waals surface area contributed by atoms with Crippen molar-refractivity contribution in [1.82, 2.24) is 0 Å². The minimum absolute atomic E-state index is 0.0215. The van der Waals surface area contributed by atoms with Crippen molar-refractivity contribution in [3.8, 4) is 11.1 Å². The molecule has 0 aliphatic carbocycles. The number of hydrogen-bond donors (Lipinski definition) is 0. The van der Waals surface area contributed by atoms with Crippen molar-refractivity contribution >= 4 is 5.69 Å². The molecule has 0 bridgehead atoms. The van der Waals surface area contributed by atoms with Crippen LogP contribution in [0.25, 0.3) is 11.1 Å². The lowest BCUT2D eigenvalue weighted by Crippen LogP contribution is -1.95. The van der Waals surface area contributed by atoms with Gasteiger partial charge in [-0.15, -0.1) is 0 Å². The first kappa shape index (κ1) is 12.2. The zero-order valence-electron chi connectivity index (χ0n) is 10.1. The molecule has 2 aromatic carbocycles. The maximum Gasteiger partial charge on any atom is 0.273 e. The monoisotopic (exact) mass is 245 g/mol. The minimum atomic E-state index is -0.438. The van der Waals surface area contributed by atoms with E-state index in [-0.39, 0.29) is 11.5 Å². The van der Waals surface area contributed by atoms with Crippen molar-refractivity contribution in [2.24, 2.45) is 0 Å². The summed E-state index contributed by atoms with van der Waals surface area (Å²) in [6.45, 7) is 3.48. The van der Waals surface area contributed by atoms with Crippen LogP contribution >= 0.6 is 0 Å². The molecule has 0 radical (unpaired) electrons. The molecule has 2 rings (SSSR count). The molecule has 0 saturated carbocycles. The predicted molar refractivity (Wildman–Crippen MR) is 68.0 cm³/mol. The Bertz CT molecular complexity index is 623. The Kier molecular flexibility index (Phi) is 3.10. The molecule has 0 heterocycles. The SMILES string of the molecule is Cc1cc(-c2ccccc2F)cc([N+](=O)[O-])c1C. The van der Waals surface area contributed by atoms with E-state index in [1.165, 1.54) is 12.1 Å². The molecule has 0 spiro atoms. The zero-order chi connectivity index (χ0) is 13.3. The summed E-state index contributed by atoms with van der Waals surface area (Å²) in [7, 11) is 0. The van der Waals surface area contributed by atoms with Gasteiger partial charge in [0.15, 0.2) is 0 Å². The van der Waals surface area contributed by atoms with E-state index in [0.717, 1.165) is 5.56 Å². The Morgan fingerprint density at radius 2 is 1.83 bits per heavy atom. The van der Waals surface area contributed by atoms with Crippen LogP contribution in [0, 0.1) is 29.8 Å². The summed E-state index contributed by atoms with van der Waals surface area (Å²) in [6.07, 6.45) is 0. The molecule has 0 unspecified atom stereocenters. The highest BCUT2D eigenvalue weighted by atomic mass is 19.1. The molecule has 92 valence electrons. The second-order valence-corrected chi connectivity index (χ2v) is 4.17. The minimum Gasteiger partial charge on any atom is -0.258 e. The highest BCUT2D eigenvalue weighted by Gasteiger charge is 2.16. The zero-order valence-corrected chi connectivity index (χ0v) is 10.1. The molecular formula is C14H12FNO2. The summed E-state index contributed by atoms with van der Waals surface area (Å²) < 4.78 is 13.7. The lowest BCUT2D eigenvalue weighted by Gasteiger charge is -2.07. The van der Waals surface area contributed by atoms with Gasteiger partial charge in [0.2, 0.25) is 0 Å². The molecule has 4 heteroatoms. The Balaban J connectivity index is 2.67. The van der Waals surface area contributed by atoms with E-state index >= 15 is 0 Å². The van der Waals surface area contributed by atoms with Gasteiger partial charge >= 0.3 is 0 Å². The maximum absolute atomic E-state index is 13.7. The van der Waals surface area contributed by atoms with E-state index in [9.17, 15) is 14.5 Å². The van der Waals surface area contributed by atoms with Gasteiger partial charge in [-0.3, -0.25) is 10.1 Å². The third-order valence-electron chi connectivity index (χ3n) is 3.02. The second-order valence-electron chi connectivity index (χ2n) is 4.17. The van der Waals surface area contributed by atoms with Crippen LogP contribution in [-0.2, 0) is 0 Å². The summed E-state index contributed by atoms with van der Waals surface area (Å²) in [4.78, 5) is 10.5. The first-order valence-corrected chi connectivity index (χ1v) is 5.51. The number of halogens is 1. The smallest absolute Gasteiger partial charge is 0.258 e. The quantitative estimate of drug-likeness (QED) is 0.592. The van der Waals surface area contributed by atoms with Gasteiger partial charge in [-0.2, -0.15) is 0 Å². The number of aryl methyl sites for hydroxylation is 1. The van der Waals surface area contributed by atoms with Crippen molar-refractivity contribution in [2.75, 3.05) is 0 Å². The summed E-state index contributed by atoms with van der Waals surface area (Å²) in [6, 6.07) is 9.44. The third-order valence-corrected chi connectivity index (χ3v) is 3.02. The van der Waals surface area contributed by atoms with Gasteiger partial charge in [-0.05, 0) is 31.0 Å². The van der Waals surface area contributed by atoms with Gasteiger partial charge < -0.3 is 0 Å². The molecule has 3 nitrogen and oxygen atoms in total. The van der Waals surface area contributed by atoms with Gasteiger partial charge in [0.1, 0.15) is 5.82 Å². The normalized spacial score (nSPS) is 10.4. The first-order chi connectivity index (χ1) is 8.50. The van der Waals surface area contributed by atoms with Gasteiger partial charge in [0.25, 0.3) is 5.69 Å². The Morgan fingerprint density at radius 3 is 2.44 bits per heavy atom. The maximum atomic E-state index is 13.7. The number of nitrogens with zero attached hydrogens (tertiary/aromatic N) is 1. The lowest BCUT2D eigenvalue weighted by molar-refractivity contribution is -0.385. The molecule has 0 fully saturated rings. The fraction of sp³-hybridized carbons (Fsp3) is 0.143. The van der Waals surface area contributed by atoms with Crippen LogP contribution in [-0.4, -0.2) is 4.92 Å². The van der Waals surface area contributed by atoms with Crippen LogP contribution in [0.2, 0.25) is 0 Å². The summed E-state index contributed by atoms with van der Waals surface area (Å²) in [5.74, 6) is -0.380. The molecule has 0 aromatic heterocycles. The standard InChI is InChI=1S/C14H12FNO2/c1-9-7-11(8-14(10(9)2)16(17)18)12-5-3-4-6-13(12)15/h3-8H,1-2H3. The molecule has 0 aliphatic heterocycles. The van der Waals surface area contributed by atoms with E-state index in [1.54, 1.807) is 38.1 Å². The second kappa shape index (κ2) is 4.56. The molecule has 0 saturated heterocycles. The average molecular weight is 245 g/mol. The average Bonchev–Trinajstić information content (AvgIpc) is 2.33. The molecule has 0 N–H and O–H groups in total. The van der Waals surface area contributed by atoms with Crippen molar-refractivity contribution < 1.29 is 9.31 Å². The molecule has 0 aliphatic rings. The van der Waals surface area contributed by atoms with Crippen molar-refractivity contribution in [3.05, 3.63) is 63.5 Å². The van der Waals surface area contributed by atoms with Gasteiger partial charge in [-0.25, -0.2) is 4.39 Å². The van der Waals surface area contributed by atoms with Crippen molar-refractivity contribution in [2.45, 2.75) is 13.8 Å². The van der Waals surface area contributed by atoms with Crippen LogP contribution in [0.15, 0.2) is 36.4 Å². The van der Waals surface area contributed by atoms with E-state index in [4.69, 9.17) is 0 Å². The Hall–Kier alpha value is -2.23. The van der Waals surface area contributed by atoms with Crippen LogP contribution in [0.5, 0.6) is 0 Å². The molecular weight excluding hydrogens is 233 g/mol. The summed E-state index contributed by atoms with van der Waals surface area (Å²) in [5.41, 5.74) is 2.32. The van der Waals surface area contributed by atoms with E-state index in [0.29, 0.717) is 16.7 Å². The molecule has 18 heavy (non-hydrogen) atoms. The van der Waals surface area contributed by atoms with Crippen molar-refractivity contribution in [1.29, 1.82) is 0 Å². The van der Waals surface area contributed by atoms with E-state index in [2.05, 4.69) is 0 Å². The molecule has 0 amide bonds. The highest BCUT2D eigenvalue weighted by Crippen LogP contribution is 2.30. The van der Waals surface area contributed by atoms with Gasteiger partial charge in [0, 0.05) is 17.2 Å². The predicted octanol–water partition coefficient (Wildman–Crippen LogP) is 4.02. The van der Waals surface area contributed by atoms with Crippen LogP contribution in [0.4, 0.5) is 10.1 Å². The molecule has 2 aromatic rings. The van der Waals surface area contributed by atoms with E-state index < -0.39 is 4.92 Å². The Labute approximate surface area is 104 Å². The number of hydrogen-bond acceptors (Lipinski definition) is 2. The van der Waals surface area contributed by atoms with E-state index in [1.807, 2.05) is 0 Å². The largest absolute Gasteiger partial charge is 0.273 e. The van der Waals surface area contributed by atoms with Crippen LogP contribution in [0.3, 0.4) is 0 Å².